The van der Waals surface area contributed by atoms with Crippen LogP contribution in [0.25, 0.3) is 0 Å². The van der Waals surface area contributed by atoms with Crippen molar-refractivity contribution in [3.8, 4) is 35.5 Å². The topological polar surface area (TPSA) is 48.9 Å². The standard InChI is InChI=1S/C15H12N2O/c1-2-3-6-10-15(18)11-8-5-4-7-9-14-12-13-16-17-14/h2-3,6,10,12-13,15,18H,1H3,(H,16,17)/b3-2+,10-6+/t15-/m1/s1. The molecule has 0 amide bonds. The fourth-order valence-electron chi connectivity index (χ4n) is 0.925. The molecule has 0 aliphatic carbocycles. The summed E-state index contributed by atoms with van der Waals surface area (Å²) in [7, 11) is 0. The Morgan fingerprint density at radius 2 is 2.11 bits per heavy atom. The summed E-state index contributed by atoms with van der Waals surface area (Å²) in [4.78, 5) is 0. The molecule has 0 aromatic carbocycles. The molecule has 0 bridgehead atoms. The van der Waals surface area contributed by atoms with E-state index in [9.17, 15) is 5.11 Å². The Bertz CT molecular complexity index is 590. The first-order valence-corrected chi connectivity index (χ1v) is 5.31. The van der Waals surface area contributed by atoms with Crippen molar-refractivity contribution in [1.82, 2.24) is 10.2 Å². The van der Waals surface area contributed by atoms with Gasteiger partial charge in [0.2, 0.25) is 0 Å². The second-order valence-corrected chi connectivity index (χ2v) is 3.10. The zero-order valence-electron chi connectivity index (χ0n) is 9.94. The van der Waals surface area contributed by atoms with Crippen LogP contribution in [0.5, 0.6) is 0 Å². The third kappa shape index (κ3) is 6.03. The van der Waals surface area contributed by atoms with E-state index in [-0.39, 0.29) is 0 Å². The van der Waals surface area contributed by atoms with Gasteiger partial charge in [-0.25, -0.2) is 0 Å². The molecule has 0 fully saturated rings. The van der Waals surface area contributed by atoms with Gasteiger partial charge in [0.15, 0.2) is 0 Å². The van der Waals surface area contributed by atoms with Crippen molar-refractivity contribution in [2.24, 2.45) is 0 Å². The average molecular weight is 236 g/mol. The minimum absolute atomic E-state index is 0.701. The van der Waals surface area contributed by atoms with Gasteiger partial charge < -0.3 is 5.11 Å². The van der Waals surface area contributed by atoms with E-state index in [1.807, 2.05) is 19.1 Å². The maximum Gasteiger partial charge on any atom is 0.134 e. The van der Waals surface area contributed by atoms with Crippen LogP contribution < -0.4 is 0 Å². The van der Waals surface area contributed by atoms with E-state index in [2.05, 4.69) is 45.7 Å². The number of nitrogens with one attached hydrogen (secondary N) is 1. The third-order valence-electron chi connectivity index (χ3n) is 1.70. The molecule has 88 valence electrons. The smallest absolute Gasteiger partial charge is 0.134 e. The molecule has 0 saturated heterocycles. The number of allylic oxidation sites excluding steroid dienone is 3. The Balaban J connectivity index is 2.46. The fraction of sp³-hybridized carbons (Fsp3) is 0.133. The van der Waals surface area contributed by atoms with Gasteiger partial charge in [-0.3, -0.25) is 5.10 Å². The molecule has 18 heavy (non-hydrogen) atoms. The highest BCUT2D eigenvalue weighted by atomic mass is 16.3. The van der Waals surface area contributed by atoms with Crippen molar-refractivity contribution >= 4 is 0 Å². The minimum Gasteiger partial charge on any atom is -0.377 e. The summed E-state index contributed by atoms with van der Waals surface area (Å²) < 4.78 is 0. The van der Waals surface area contributed by atoms with Gasteiger partial charge in [-0.1, -0.05) is 24.1 Å². The molecule has 1 aromatic rings. The van der Waals surface area contributed by atoms with Crippen LogP contribution in [0.4, 0.5) is 0 Å². The summed E-state index contributed by atoms with van der Waals surface area (Å²) >= 11 is 0. The highest BCUT2D eigenvalue weighted by Gasteiger charge is 1.86. The van der Waals surface area contributed by atoms with Gasteiger partial charge in [0.25, 0.3) is 0 Å². The summed E-state index contributed by atoms with van der Waals surface area (Å²) in [5.41, 5.74) is 0.701. The maximum atomic E-state index is 9.37. The Morgan fingerprint density at radius 1 is 1.28 bits per heavy atom. The van der Waals surface area contributed by atoms with E-state index in [1.54, 1.807) is 24.4 Å². The minimum atomic E-state index is -0.809. The lowest BCUT2D eigenvalue weighted by Gasteiger charge is -1.88. The maximum absolute atomic E-state index is 9.37. The molecule has 0 radical (unpaired) electrons. The zero-order valence-corrected chi connectivity index (χ0v) is 9.94. The van der Waals surface area contributed by atoms with Crippen LogP contribution in [0.2, 0.25) is 0 Å². The summed E-state index contributed by atoms with van der Waals surface area (Å²) in [6.45, 7) is 1.90. The summed E-state index contributed by atoms with van der Waals surface area (Å²) in [6, 6.07) is 1.75. The predicted molar refractivity (Wildman–Crippen MR) is 71.0 cm³/mol. The van der Waals surface area contributed by atoms with Gasteiger partial charge in [-0.05, 0) is 48.7 Å². The van der Waals surface area contributed by atoms with Gasteiger partial charge in [-0.2, -0.15) is 5.10 Å². The molecular weight excluding hydrogens is 224 g/mol. The Morgan fingerprint density at radius 3 is 2.83 bits per heavy atom. The van der Waals surface area contributed by atoms with E-state index >= 15 is 0 Å². The van der Waals surface area contributed by atoms with E-state index in [0.717, 1.165) is 0 Å². The van der Waals surface area contributed by atoms with Gasteiger partial charge in [0.05, 0.1) is 0 Å². The first kappa shape index (κ1) is 13.4. The van der Waals surface area contributed by atoms with Crippen molar-refractivity contribution in [2.45, 2.75) is 13.0 Å². The average Bonchev–Trinajstić information content (AvgIpc) is 2.87. The Kier molecular flexibility index (Phi) is 6.31. The number of aliphatic hydroxyl groups excluding tert-OH is 1. The van der Waals surface area contributed by atoms with Crippen LogP contribution in [-0.4, -0.2) is 21.4 Å². The number of aliphatic hydroxyl groups is 1. The second kappa shape index (κ2) is 8.48. The second-order valence-electron chi connectivity index (χ2n) is 3.10. The van der Waals surface area contributed by atoms with Gasteiger partial charge >= 0.3 is 0 Å². The lowest BCUT2D eigenvalue weighted by molar-refractivity contribution is 0.281. The van der Waals surface area contributed by atoms with Gasteiger partial charge in [0, 0.05) is 6.20 Å². The molecular formula is C15H12N2O. The molecule has 1 atom stereocenters. The Hall–Kier alpha value is -2.67. The van der Waals surface area contributed by atoms with Crippen LogP contribution in [0, 0.1) is 35.5 Å². The predicted octanol–water partition coefficient (Wildman–Crippen LogP) is 1.26. The van der Waals surface area contributed by atoms with Crippen molar-refractivity contribution in [1.29, 1.82) is 0 Å². The molecule has 2 N–H and O–H groups in total. The number of nitrogens with zero attached hydrogens (tertiary/aromatic N) is 1. The van der Waals surface area contributed by atoms with E-state index < -0.39 is 6.10 Å². The first-order valence-electron chi connectivity index (χ1n) is 5.31. The van der Waals surface area contributed by atoms with Crippen molar-refractivity contribution in [2.75, 3.05) is 0 Å². The number of hydrogen-bond donors (Lipinski definition) is 2. The zero-order chi connectivity index (χ0) is 13.1. The largest absolute Gasteiger partial charge is 0.377 e. The molecule has 0 saturated carbocycles. The number of hydrogen-bond acceptors (Lipinski definition) is 2. The summed E-state index contributed by atoms with van der Waals surface area (Å²) in [6.07, 6.45) is 7.78. The van der Waals surface area contributed by atoms with E-state index in [4.69, 9.17) is 0 Å². The molecule has 0 unspecified atom stereocenters. The fourth-order valence-corrected chi connectivity index (χ4v) is 0.925. The van der Waals surface area contributed by atoms with E-state index in [0.29, 0.717) is 5.69 Å². The lowest BCUT2D eigenvalue weighted by atomic mass is 10.3. The molecule has 1 heterocycles. The number of aromatic amines is 1. The highest BCUT2D eigenvalue weighted by Crippen LogP contribution is 1.85. The molecule has 0 aliphatic heterocycles. The van der Waals surface area contributed by atoms with Crippen LogP contribution >= 0.6 is 0 Å². The van der Waals surface area contributed by atoms with Gasteiger partial charge in [0.1, 0.15) is 11.8 Å². The van der Waals surface area contributed by atoms with Crippen LogP contribution in [-0.2, 0) is 0 Å². The lowest BCUT2D eigenvalue weighted by Crippen LogP contribution is -1.95. The molecule has 0 aliphatic rings. The monoisotopic (exact) mass is 236 g/mol. The number of rotatable bonds is 2. The van der Waals surface area contributed by atoms with Crippen LogP contribution in [0.3, 0.4) is 0 Å². The third-order valence-corrected chi connectivity index (χ3v) is 1.70. The van der Waals surface area contributed by atoms with Crippen LogP contribution in [0.15, 0.2) is 36.6 Å². The molecule has 0 spiro atoms. The number of aromatic nitrogens is 2. The van der Waals surface area contributed by atoms with Crippen molar-refractivity contribution in [3.05, 3.63) is 42.3 Å². The highest BCUT2D eigenvalue weighted by molar-refractivity contribution is 5.40. The summed E-state index contributed by atoms with van der Waals surface area (Å²) in [5, 5.41) is 15.8. The molecule has 1 aromatic heterocycles. The Labute approximate surface area is 107 Å². The van der Waals surface area contributed by atoms with E-state index in [1.165, 1.54) is 0 Å². The number of H-pyrrole nitrogens is 1. The van der Waals surface area contributed by atoms with Crippen molar-refractivity contribution < 1.29 is 5.11 Å². The normalized spacial score (nSPS) is 11.0. The van der Waals surface area contributed by atoms with Crippen LogP contribution in [0.1, 0.15) is 12.6 Å². The first-order chi connectivity index (χ1) is 8.83. The quantitative estimate of drug-likeness (QED) is 0.600. The van der Waals surface area contributed by atoms with Crippen molar-refractivity contribution in [3.63, 3.8) is 0 Å². The van der Waals surface area contributed by atoms with Gasteiger partial charge in [-0.15, -0.1) is 0 Å². The molecule has 1 rings (SSSR count). The molecule has 3 nitrogen and oxygen atoms in total. The summed E-state index contributed by atoms with van der Waals surface area (Å²) in [5.74, 6) is 15.6. The molecule has 3 heteroatoms. The SMILES string of the molecule is C/C=C/C=C/[C@@H](O)C#CC#CC#Cc1ccn[nH]1.